The van der Waals surface area contributed by atoms with Crippen LogP contribution in [0.4, 0.5) is 0 Å². The van der Waals surface area contributed by atoms with Crippen molar-refractivity contribution in [3.63, 3.8) is 0 Å². The second kappa shape index (κ2) is 37.0. The molecule has 0 aromatic heterocycles. The van der Waals surface area contributed by atoms with E-state index in [9.17, 15) is 58.8 Å². The van der Waals surface area contributed by atoms with Crippen molar-refractivity contribution in [3.05, 3.63) is 140 Å². The van der Waals surface area contributed by atoms with Crippen LogP contribution in [0.25, 0.3) is 0 Å². The van der Waals surface area contributed by atoms with Gasteiger partial charge in [0.1, 0.15) is 0 Å². The number of carbonyl (C=O) groups is 8. The van der Waals surface area contributed by atoms with Crippen LogP contribution in [-0.4, -0.2) is 74.2 Å². The maximum atomic E-state index is 11.7. The summed E-state index contributed by atoms with van der Waals surface area (Å²) in [5, 5.41) is 44.3. The molecule has 0 fully saturated rings. The fourth-order valence-electron chi connectivity index (χ4n) is 6.12. The summed E-state index contributed by atoms with van der Waals surface area (Å²) in [6, 6.07) is 18.4. The van der Waals surface area contributed by atoms with Gasteiger partial charge in [0.15, 0.2) is 0 Å². The fraction of sp³-hybridized carbons (Fsp3) is 0.385. The molecule has 0 atom stereocenters. The average Bonchev–Trinajstić information content (AvgIpc) is 3.38. The van der Waals surface area contributed by atoms with E-state index in [0.717, 1.165) is 0 Å². The van der Waals surface area contributed by atoms with E-state index < -0.39 is 47.8 Å². The van der Waals surface area contributed by atoms with Crippen LogP contribution < -0.4 is 20.4 Å². The molecule has 21 heteroatoms. The van der Waals surface area contributed by atoms with Crippen LogP contribution in [0.15, 0.2) is 72.8 Å². The molecular formula is C52H60O20Ti. The van der Waals surface area contributed by atoms with Crippen molar-refractivity contribution in [1.29, 1.82) is 0 Å². The maximum absolute atomic E-state index is 11.7. The Balaban J connectivity index is 0.000000943. The summed E-state index contributed by atoms with van der Waals surface area (Å²) in [6.45, 7) is 15.7. The molecule has 392 valence electrons. The zero-order valence-corrected chi connectivity index (χ0v) is 43.6. The number of hydrogen-bond donors (Lipinski definition) is 0. The number of rotatable bonds is 24. The average molecular weight is 1050 g/mol. The number of carboxylic acid groups (broad SMARTS) is 4. The van der Waals surface area contributed by atoms with Crippen molar-refractivity contribution in [2.45, 2.75) is 107 Å². The third-order valence-electron chi connectivity index (χ3n) is 9.51. The molecule has 0 saturated heterocycles. The molecule has 0 saturated carbocycles. The van der Waals surface area contributed by atoms with Crippen LogP contribution in [-0.2, 0) is 86.5 Å². The van der Waals surface area contributed by atoms with Gasteiger partial charge in [0.2, 0.25) is 0 Å². The van der Waals surface area contributed by atoms with Crippen molar-refractivity contribution in [2.75, 3.05) is 26.4 Å². The second-order valence-corrected chi connectivity index (χ2v) is 14.7. The monoisotopic (exact) mass is 1050 g/mol. The van der Waals surface area contributed by atoms with Crippen molar-refractivity contribution < 1.29 is 120 Å². The Labute approximate surface area is 438 Å². The number of hydrogen-bond acceptors (Lipinski definition) is 20. The minimum absolute atomic E-state index is 0. The molecule has 0 aliphatic carbocycles. The second-order valence-electron chi connectivity index (χ2n) is 14.7. The van der Waals surface area contributed by atoms with Crippen LogP contribution in [0.3, 0.4) is 0 Å². The molecule has 73 heavy (non-hydrogen) atoms. The van der Waals surface area contributed by atoms with E-state index in [1.54, 1.807) is 76.2 Å². The summed E-state index contributed by atoms with van der Waals surface area (Å²) in [5.74, 6) is -8.86. The van der Waals surface area contributed by atoms with Gasteiger partial charge in [-0.15, -0.1) is 0 Å². The molecule has 0 aliphatic rings. The first-order chi connectivity index (χ1) is 34.5. The Morgan fingerprint density at radius 2 is 0.507 bits per heavy atom. The minimum atomic E-state index is -1.39. The quantitative estimate of drug-likeness (QED) is 0.0405. The topological polar surface area (TPSA) is 303 Å². The summed E-state index contributed by atoms with van der Waals surface area (Å²) in [7, 11) is 0. The molecule has 0 unspecified atom stereocenters. The van der Waals surface area contributed by atoms with E-state index in [1.807, 2.05) is 27.7 Å². The maximum Gasteiger partial charge on any atom is 4.00 e. The predicted octanol–water partition coefficient (Wildman–Crippen LogP) is 4.44. The van der Waals surface area contributed by atoms with E-state index >= 15 is 0 Å². The van der Waals surface area contributed by atoms with Gasteiger partial charge in [-0.25, -0.2) is 19.2 Å². The number of aryl methyl sites for hydroxylation is 4. The van der Waals surface area contributed by atoms with Gasteiger partial charge in [-0.3, -0.25) is 19.6 Å². The van der Waals surface area contributed by atoms with Gasteiger partial charge in [0.25, 0.3) is 0 Å². The van der Waals surface area contributed by atoms with Crippen LogP contribution in [0, 0.1) is 0 Å². The zero-order chi connectivity index (χ0) is 54.2. The van der Waals surface area contributed by atoms with Gasteiger partial charge in [-0.05, 0) is 97.9 Å². The standard InChI is InChI=1S/4C13H16O5.Ti/c4*1-3-8-17-18-13(16)10-7-5-6-9(4-2)11(10)12(14)15;/h4*5-7H,3-4,8H2,1-2H3,(H,14,15);/q;;;;+4/p-4. The summed E-state index contributed by atoms with van der Waals surface area (Å²) >= 11 is 0. The number of carbonyl (C=O) groups excluding carboxylic acids is 8. The van der Waals surface area contributed by atoms with Gasteiger partial charge in [0.05, 0.1) is 72.6 Å². The molecule has 0 spiro atoms. The molecule has 0 amide bonds. The molecule has 0 N–H and O–H groups in total. The molecule has 4 aromatic carbocycles. The Morgan fingerprint density at radius 3 is 0.644 bits per heavy atom. The summed E-state index contributed by atoms with van der Waals surface area (Å²) in [5.41, 5.74) is 1.37. The van der Waals surface area contributed by atoms with Gasteiger partial charge < -0.3 is 39.6 Å². The third-order valence-corrected chi connectivity index (χ3v) is 9.51. The first-order valence-corrected chi connectivity index (χ1v) is 23.1. The molecule has 4 aromatic rings. The smallest absolute Gasteiger partial charge is 0.545 e. The van der Waals surface area contributed by atoms with Crippen LogP contribution in [0.1, 0.15) is 186 Å². The van der Waals surface area contributed by atoms with Crippen molar-refractivity contribution in [3.8, 4) is 0 Å². The van der Waals surface area contributed by atoms with E-state index in [0.29, 0.717) is 73.6 Å². The molecule has 0 heterocycles. The van der Waals surface area contributed by atoms with Crippen LogP contribution >= 0.6 is 0 Å². The molecule has 4 rings (SSSR count). The summed E-state index contributed by atoms with van der Waals surface area (Å²) < 4.78 is 0. The first-order valence-electron chi connectivity index (χ1n) is 23.1. The number of carboxylic acids is 4. The van der Waals surface area contributed by atoms with E-state index in [1.165, 1.54) is 24.3 Å². The largest absolute Gasteiger partial charge is 4.00 e. The molecule has 20 nitrogen and oxygen atoms in total. The number of aromatic carboxylic acids is 4. The van der Waals surface area contributed by atoms with E-state index in [2.05, 4.69) is 39.1 Å². The Hall–Kier alpha value is -6.81. The summed E-state index contributed by atoms with van der Waals surface area (Å²) in [4.78, 5) is 128. The zero-order valence-electron chi connectivity index (χ0n) is 42.1. The Bertz CT molecular complexity index is 2100. The van der Waals surface area contributed by atoms with E-state index in [-0.39, 0.29) is 92.7 Å². The Morgan fingerprint density at radius 1 is 0.329 bits per heavy atom. The van der Waals surface area contributed by atoms with Crippen molar-refractivity contribution in [2.24, 2.45) is 0 Å². The van der Waals surface area contributed by atoms with Gasteiger partial charge in [0, 0.05) is 22.3 Å². The van der Waals surface area contributed by atoms with Crippen molar-refractivity contribution in [1.82, 2.24) is 0 Å². The predicted molar refractivity (Wildman–Crippen MR) is 247 cm³/mol. The molecular weight excluding hydrogens is 992 g/mol. The van der Waals surface area contributed by atoms with Gasteiger partial charge in [-0.1, -0.05) is 104 Å². The molecule has 0 aliphatic heterocycles. The number of benzene rings is 4. The normalized spacial score (nSPS) is 9.97. The van der Waals surface area contributed by atoms with E-state index in [4.69, 9.17) is 0 Å². The van der Waals surface area contributed by atoms with Gasteiger partial charge >= 0.3 is 45.6 Å². The van der Waals surface area contributed by atoms with Gasteiger partial charge in [-0.2, -0.15) is 19.6 Å². The molecule has 0 radical (unpaired) electrons. The van der Waals surface area contributed by atoms with Crippen molar-refractivity contribution >= 4 is 47.8 Å². The fourth-order valence-corrected chi connectivity index (χ4v) is 6.12. The minimum Gasteiger partial charge on any atom is -0.545 e. The first kappa shape index (κ1) is 66.2. The van der Waals surface area contributed by atoms with Crippen LogP contribution in [0.5, 0.6) is 0 Å². The summed E-state index contributed by atoms with van der Waals surface area (Å²) in [6.07, 6.45) is 4.71. The third kappa shape index (κ3) is 21.8. The Kier molecular flexibility index (Phi) is 33.6. The SMILES string of the molecule is CCCOOC(=O)c1cccc(CC)c1C(=O)[O-].CCCOOC(=O)c1cccc(CC)c1C(=O)[O-].CCCOOC(=O)c1cccc(CC)c1C(=O)[O-].CCCOOC(=O)c1cccc(CC)c1C(=O)[O-].[Ti+4]. The molecule has 0 bridgehead atoms. The van der Waals surface area contributed by atoms with Crippen LogP contribution in [0.2, 0.25) is 0 Å².